The zero-order valence-corrected chi connectivity index (χ0v) is 13.0. The largest absolute Gasteiger partial charge is 0.511 e. The quantitative estimate of drug-likeness (QED) is 0.369. The summed E-state index contributed by atoms with van der Waals surface area (Å²) in [6, 6.07) is 4.80. The third-order valence-electron chi connectivity index (χ3n) is 3.16. The van der Waals surface area contributed by atoms with Crippen LogP contribution in [0.5, 0.6) is 0 Å². The Morgan fingerprint density at radius 2 is 1.95 bits per heavy atom. The van der Waals surface area contributed by atoms with Crippen LogP contribution in [0.15, 0.2) is 29.5 Å². The fraction of sp³-hybridized carbons (Fsp3) is 0.333. The topological polar surface area (TPSA) is 70.4 Å². The van der Waals surface area contributed by atoms with E-state index in [4.69, 9.17) is 33.3 Å². The van der Waals surface area contributed by atoms with Gasteiger partial charge in [-0.3, -0.25) is 5.41 Å². The van der Waals surface area contributed by atoms with Crippen LogP contribution in [0.4, 0.5) is 0 Å². The summed E-state index contributed by atoms with van der Waals surface area (Å²) in [4.78, 5) is 12.1. The number of aliphatic hydroxyl groups excluding tert-OH is 1. The van der Waals surface area contributed by atoms with Crippen LogP contribution < -0.4 is 0 Å². The molecule has 21 heavy (non-hydrogen) atoms. The van der Waals surface area contributed by atoms with Gasteiger partial charge in [0, 0.05) is 11.5 Å². The molecule has 0 heterocycles. The number of halogens is 2. The van der Waals surface area contributed by atoms with Crippen LogP contribution in [0.2, 0.25) is 10.0 Å². The number of benzene rings is 1. The Bertz CT molecular complexity index is 601. The van der Waals surface area contributed by atoms with Gasteiger partial charge in [-0.2, -0.15) is 0 Å². The second-order valence-corrected chi connectivity index (χ2v) is 5.54. The van der Waals surface area contributed by atoms with Crippen molar-refractivity contribution >= 4 is 34.9 Å². The monoisotopic (exact) mass is 327 g/mol. The fourth-order valence-electron chi connectivity index (χ4n) is 1.96. The van der Waals surface area contributed by atoms with Crippen molar-refractivity contribution in [3.05, 3.63) is 45.1 Å². The van der Waals surface area contributed by atoms with E-state index in [2.05, 4.69) is 0 Å². The van der Waals surface area contributed by atoms with Gasteiger partial charge >= 0.3 is 5.97 Å². The molecular formula is C15H15Cl2NO3. The maximum absolute atomic E-state index is 12.1. The summed E-state index contributed by atoms with van der Waals surface area (Å²) in [5.41, 5.74) is -0.154. The summed E-state index contributed by atoms with van der Waals surface area (Å²) in [5, 5.41) is 18.9. The summed E-state index contributed by atoms with van der Waals surface area (Å²) in [6.07, 6.45) is 1.58. The maximum Gasteiger partial charge on any atom is 0.343 e. The molecular weight excluding hydrogens is 313 g/mol. The number of esters is 1. The van der Waals surface area contributed by atoms with Crippen LogP contribution >= 0.6 is 23.2 Å². The molecule has 0 spiro atoms. The summed E-state index contributed by atoms with van der Waals surface area (Å²) in [6.45, 7) is 1.82. The highest BCUT2D eigenvalue weighted by Crippen LogP contribution is 2.38. The van der Waals surface area contributed by atoms with Crippen molar-refractivity contribution in [2.24, 2.45) is 5.92 Å². The van der Waals surface area contributed by atoms with Gasteiger partial charge in [-0.05, 0) is 31.9 Å². The summed E-state index contributed by atoms with van der Waals surface area (Å²) < 4.78 is 4.94. The Labute approximate surface area is 132 Å². The third-order valence-corrected chi connectivity index (χ3v) is 3.79. The minimum Gasteiger partial charge on any atom is -0.511 e. The molecule has 0 saturated heterocycles. The molecule has 0 atom stereocenters. The van der Waals surface area contributed by atoms with Crippen molar-refractivity contribution in [1.29, 1.82) is 5.41 Å². The van der Waals surface area contributed by atoms with Gasteiger partial charge in [0.15, 0.2) is 0 Å². The zero-order valence-electron chi connectivity index (χ0n) is 11.5. The molecule has 4 nitrogen and oxygen atoms in total. The minimum absolute atomic E-state index is 0.0916. The number of allylic oxidation sites excluding steroid dienone is 1. The number of ether oxygens (including phenoxy) is 1. The van der Waals surface area contributed by atoms with Gasteiger partial charge in [-0.25, -0.2) is 4.79 Å². The molecule has 1 aromatic carbocycles. The Morgan fingerprint density at radius 3 is 2.43 bits per heavy atom. The molecule has 1 aromatic rings. The molecule has 1 aliphatic carbocycles. The van der Waals surface area contributed by atoms with Gasteiger partial charge in [0.25, 0.3) is 0 Å². The first-order valence-electron chi connectivity index (χ1n) is 6.60. The lowest BCUT2D eigenvalue weighted by Crippen LogP contribution is -2.20. The second-order valence-electron chi connectivity index (χ2n) is 4.73. The van der Waals surface area contributed by atoms with E-state index >= 15 is 0 Å². The number of hydrogen-bond donors (Lipinski definition) is 2. The molecule has 1 saturated carbocycles. The van der Waals surface area contributed by atoms with E-state index in [9.17, 15) is 9.90 Å². The number of carbonyl (C=O) groups is 1. The number of carbonyl (C=O) groups excluding carboxylic acids is 1. The molecule has 2 N–H and O–H groups in total. The van der Waals surface area contributed by atoms with Crippen molar-refractivity contribution < 1.29 is 14.6 Å². The highest BCUT2D eigenvalue weighted by molar-refractivity contribution is 6.43. The van der Waals surface area contributed by atoms with Gasteiger partial charge in [0.05, 0.1) is 22.4 Å². The number of nitrogens with one attached hydrogen (secondary N) is 1. The first-order chi connectivity index (χ1) is 9.97. The van der Waals surface area contributed by atoms with E-state index in [0.717, 1.165) is 12.8 Å². The lowest BCUT2D eigenvalue weighted by Gasteiger charge is -2.13. The van der Waals surface area contributed by atoms with Gasteiger partial charge < -0.3 is 9.84 Å². The van der Waals surface area contributed by atoms with Crippen molar-refractivity contribution in [2.45, 2.75) is 19.8 Å². The summed E-state index contributed by atoms with van der Waals surface area (Å²) in [5.74, 6) is -0.941. The fourth-order valence-corrected chi connectivity index (χ4v) is 2.55. The van der Waals surface area contributed by atoms with Gasteiger partial charge in [0.1, 0.15) is 11.3 Å². The lowest BCUT2D eigenvalue weighted by atomic mass is 9.99. The number of rotatable bonds is 5. The standard InChI is InChI=1S/C15H15Cl2NO3/c1-2-21-15(20)12(14(19)8-6-7-8)13(18)11-9(16)4-3-5-10(11)17/h3-5,8,18-19H,2,6-7H2,1H3. The van der Waals surface area contributed by atoms with E-state index in [-0.39, 0.29) is 45.2 Å². The van der Waals surface area contributed by atoms with E-state index in [1.807, 2.05) is 0 Å². The molecule has 0 amide bonds. The van der Waals surface area contributed by atoms with Crippen LogP contribution in [0.1, 0.15) is 25.3 Å². The number of aliphatic hydroxyl groups is 1. The summed E-state index contributed by atoms with van der Waals surface area (Å²) >= 11 is 12.1. The molecule has 1 aliphatic rings. The van der Waals surface area contributed by atoms with Crippen LogP contribution in [0, 0.1) is 11.3 Å². The molecule has 2 rings (SSSR count). The van der Waals surface area contributed by atoms with Crippen molar-refractivity contribution in [2.75, 3.05) is 6.61 Å². The lowest BCUT2D eigenvalue weighted by molar-refractivity contribution is -0.138. The molecule has 0 radical (unpaired) electrons. The number of hydrogen-bond acceptors (Lipinski definition) is 4. The third kappa shape index (κ3) is 3.39. The zero-order chi connectivity index (χ0) is 15.6. The Hall–Kier alpha value is -1.52. The predicted octanol–water partition coefficient (Wildman–Crippen LogP) is 4.15. The Morgan fingerprint density at radius 1 is 1.38 bits per heavy atom. The SMILES string of the molecule is CCOC(=O)C(C(=N)c1c(Cl)cccc1Cl)=C(O)C1CC1. The highest BCUT2D eigenvalue weighted by atomic mass is 35.5. The first kappa shape index (κ1) is 15.9. The van der Waals surface area contributed by atoms with Crippen LogP contribution in [0.25, 0.3) is 0 Å². The van der Waals surface area contributed by atoms with Crippen molar-refractivity contribution in [3.8, 4) is 0 Å². The normalized spacial score (nSPS) is 15.4. The predicted molar refractivity (Wildman–Crippen MR) is 82.3 cm³/mol. The van der Waals surface area contributed by atoms with Gasteiger partial charge in [-0.1, -0.05) is 29.3 Å². The molecule has 0 aliphatic heterocycles. The van der Waals surface area contributed by atoms with E-state index in [0.29, 0.717) is 0 Å². The van der Waals surface area contributed by atoms with Crippen molar-refractivity contribution in [1.82, 2.24) is 0 Å². The highest BCUT2D eigenvalue weighted by Gasteiger charge is 2.34. The summed E-state index contributed by atoms with van der Waals surface area (Å²) in [7, 11) is 0. The molecule has 0 bridgehead atoms. The average Bonchev–Trinajstić information content (AvgIpc) is 3.23. The Balaban J connectivity index is 2.49. The minimum atomic E-state index is -0.733. The smallest absolute Gasteiger partial charge is 0.343 e. The molecule has 0 unspecified atom stereocenters. The van der Waals surface area contributed by atoms with Crippen LogP contribution in [-0.4, -0.2) is 23.4 Å². The van der Waals surface area contributed by atoms with Crippen molar-refractivity contribution in [3.63, 3.8) is 0 Å². The second kappa shape index (κ2) is 6.50. The Kier molecular flexibility index (Phi) is 4.91. The van der Waals surface area contributed by atoms with Crippen LogP contribution in [-0.2, 0) is 9.53 Å². The van der Waals surface area contributed by atoms with E-state index in [1.54, 1.807) is 25.1 Å². The van der Waals surface area contributed by atoms with Gasteiger partial charge in [-0.15, -0.1) is 0 Å². The molecule has 6 heteroatoms. The van der Waals surface area contributed by atoms with E-state index < -0.39 is 5.97 Å². The molecule has 112 valence electrons. The maximum atomic E-state index is 12.1. The van der Waals surface area contributed by atoms with Gasteiger partial charge in [0.2, 0.25) is 0 Å². The molecule has 0 aromatic heterocycles. The average molecular weight is 328 g/mol. The van der Waals surface area contributed by atoms with Crippen LogP contribution in [0.3, 0.4) is 0 Å². The molecule has 1 fully saturated rings. The van der Waals surface area contributed by atoms with E-state index in [1.165, 1.54) is 0 Å². The first-order valence-corrected chi connectivity index (χ1v) is 7.36.